The number of hydrogen-bond donors (Lipinski definition) is 3. The summed E-state index contributed by atoms with van der Waals surface area (Å²) >= 11 is 0. The van der Waals surface area contributed by atoms with E-state index in [2.05, 4.69) is 24.7 Å². The Morgan fingerprint density at radius 3 is 1.46 bits per heavy atom. The first-order chi connectivity index (χ1) is 17.9. The van der Waals surface area contributed by atoms with E-state index in [4.69, 9.17) is 16.6 Å². The SMILES string of the molecule is CC.CC.COC(=O)c1nc(-c2ccccc2)cnc1N.Nc1ncc(-c2ccccc2)nc1C(=O)O. The molecule has 0 amide bonds. The molecule has 0 aliphatic rings. The van der Waals surface area contributed by atoms with Crippen molar-refractivity contribution in [1.29, 1.82) is 0 Å². The van der Waals surface area contributed by atoms with Gasteiger partial charge in [-0.2, -0.15) is 0 Å². The largest absolute Gasteiger partial charge is 0.476 e. The molecule has 0 aliphatic carbocycles. The molecular weight excluding hydrogens is 472 g/mol. The summed E-state index contributed by atoms with van der Waals surface area (Å²) in [6.45, 7) is 8.00. The highest BCUT2D eigenvalue weighted by Crippen LogP contribution is 2.19. The first-order valence-corrected chi connectivity index (χ1v) is 11.6. The first-order valence-electron chi connectivity index (χ1n) is 11.6. The number of methoxy groups -OCH3 is 1. The number of carbonyl (C=O) groups excluding carboxylic acids is 1. The highest BCUT2D eigenvalue weighted by Gasteiger charge is 2.15. The van der Waals surface area contributed by atoms with Crippen LogP contribution in [0.3, 0.4) is 0 Å². The standard InChI is InChI=1S/C12H11N3O2.C11H9N3O2.2C2H6/c1-17-12(16)10-11(13)14-7-9(15-10)8-5-3-2-4-6-8;12-10-9(11(15)16)14-8(6-13-10)7-4-2-1-3-5-7;2*1-2/h2-7H,1H3,(H2,13,14);1-6H,(H2,12,13)(H,15,16);2*1-2H3. The van der Waals surface area contributed by atoms with E-state index >= 15 is 0 Å². The fourth-order valence-electron chi connectivity index (χ4n) is 2.70. The van der Waals surface area contributed by atoms with E-state index in [1.54, 1.807) is 0 Å². The Balaban J connectivity index is 0.000000327. The van der Waals surface area contributed by atoms with Crippen molar-refractivity contribution < 1.29 is 19.4 Å². The number of anilines is 2. The summed E-state index contributed by atoms with van der Waals surface area (Å²) < 4.78 is 4.59. The van der Waals surface area contributed by atoms with Gasteiger partial charge in [0.1, 0.15) is 0 Å². The summed E-state index contributed by atoms with van der Waals surface area (Å²) in [4.78, 5) is 38.1. The average Bonchev–Trinajstić information content (AvgIpc) is 2.96. The number of carboxylic acid groups (broad SMARTS) is 1. The molecular formula is C27H32N6O4. The summed E-state index contributed by atoms with van der Waals surface area (Å²) in [5, 5.41) is 8.85. The van der Waals surface area contributed by atoms with Crippen molar-refractivity contribution in [2.45, 2.75) is 27.7 Å². The zero-order valence-electron chi connectivity index (χ0n) is 21.5. The summed E-state index contributed by atoms with van der Waals surface area (Å²) in [6, 6.07) is 18.6. The van der Waals surface area contributed by atoms with Crippen molar-refractivity contribution in [2.75, 3.05) is 18.6 Å². The second kappa shape index (κ2) is 15.9. The van der Waals surface area contributed by atoms with Gasteiger partial charge in [0.05, 0.1) is 30.9 Å². The number of esters is 1. The number of ether oxygens (including phenoxy) is 1. The second-order valence-electron chi connectivity index (χ2n) is 6.51. The predicted octanol–water partition coefficient (Wildman–Crippen LogP) is 4.99. The number of rotatable bonds is 4. The zero-order chi connectivity index (χ0) is 27.8. The summed E-state index contributed by atoms with van der Waals surface area (Å²) in [6.07, 6.45) is 2.98. The molecule has 194 valence electrons. The van der Waals surface area contributed by atoms with Crippen LogP contribution < -0.4 is 11.5 Å². The molecule has 10 heteroatoms. The molecule has 5 N–H and O–H groups in total. The van der Waals surface area contributed by atoms with Crippen LogP contribution in [0.2, 0.25) is 0 Å². The second-order valence-corrected chi connectivity index (χ2v) is 6.51. The van der Waals surface area contributed by atoms with Gasteiger partial charge in [0.25, 0.3) is 0 Å². The Hall–Kier alpha value is -4.86. The van der Waals surface area contributed by atoms with Gasteiger partial charge in [-0.05, 0) is 0 Å². The van der Waals surface area contributed by atoms with Crippen LogP contribution in [-0.2, 0) is 4.74 Å². The van der Waals surface area contributed by atoms with Crippen molar-refractivity contribution in [3.8, 4) is 22.5 Å². The third-order valence-electron chi connectivity index (χ3n) is 4.32. The number of aromatic nitrogens is 4. The van der Waals surface area contributed by atoms with Crippen LogP contribution in [0, 0.1) is 0 Å². The lowest BCUT2D eigenvalue weighted by Gasteiger charge is -2.05. The van der Waals surface area contributed by atoms with Crippen molar-refractivity contribution in [1.82, 2.24) is 19.9 Å². The van der Waals surface area contributed by atoms with Crippen LogP contribution >= 0.6 is 0 Å². The predicted molar refractivity (Wildman–Crippen MR) is 145 cm³/mol. The van der Waals surface area contributed by atoms with Gasteiger partial charge < -0.3 is 21.3 Å². The number of aromatic carboxylic acids is 1. The Morgan fingerprint density at radius 1 is 0.703 bits per heavy atom. The van der Waals surface area contributed by atoms with Gasteiger partial charge in [-0.25, -0.2) is 29.5 Å². The minimum Gasteiger partial charge on any atom is -0.476 e. The van der Waals surface area contributed by atoms with Gasteiger partial charge in [-0.1, -0.05) is 88.4 Å². The fourth-order valence-corrected chi connectivity index (χ4v) is 2.70. The Labute approximate surface area is 216 Å². The molecule has 0 bridgehead atoms. The summed E-state index contributed by atoms with van der Waals surface area (Å²) in [7, 11) is 1.28. The lowest BCUT2D eigenvalue weighted by Crippen LogP contribution is -2.10. The van der Waals surface area contributed by atoms with Crippen LogP contribution in [0.4, 0.5) is 11.6 Å². The number of carbonyl (C=O) groups is 2. The molecule has 4 rings (SSSR count). The molecule has 2 aromatic heterocycles. The monoisotopic (exact) mass is 504 g/mol. The van der Waals surface area contributed by atoms with E-state index in [1.165, 1.54) is 19.5 Å². The third kappa shape index (κ3) is 8.70. The molecule has 0 radical (unpaired) electrons. The number of nitrogens with zero attached hydrogens (tertiary/aromatic N) is 4. The van der Waals surface area contributed by atoms with E-state index in [-0.39, 0.29) is 23.0 Å². The molecule has 0 fully saturated rings. The lowest BCUT2D eigenvalue weighted by atomic mass is 10.1. The van der Waals surface area contributed by atoms with E-state index in [1.807, 2.05) is 88.4 Å². The zero-order valence-corrected chi connectivity index (χ0v) is 21.5. The topological polar surface area (TPSA) is 167 Å². The molecule has 37 heavy (non-hydrogen) atoms. The number of carboxylic acids is 1. The highest BCUT2D eigenvalue weighted by atomic mass is 16.5. The molecule has 4 aromatic rings. The fraction of sp³-hybridized carbons (Fsp3) is 0.185. The molecule has 0 aliphatic heterocycles. The maximum Gasteiger partial charge on any atom is 0.360 e. The summed E-state index contributed by atoms with van der Waals surface area (Å²) in [5.74, 6) is -1.78. The molecule has 2 aromatic carbocycles. The van der Waals surface area contributed by atoms with Gasteiger partial charge >= 0.3 is 11.9 Å². The Bertz CT molecular complexity index is 1270. The van der Waals surface area contributed by atoms with E-state index in [0.29, 0.717) is 11.4 Å². The van der Waals surface area contributed by atoms with Crippen LogP contribution in [0.1, 0.15) is 48.7 Å². The van der Waals surface area contributed by atoms with Gasteiger partial charge in [0.15, 0.2) is 23.0 Å². The number of hydrogen-bond acceptors (Lipinski definition) is 9. The molecule has 0 saturated heterocycles. The number of benzene rings is 2. The quantitative estimate of drug-likeness (QED) is 0.322. The van der Waals surface area contributed by atoms with Gasteiger partial charge in [-0.3, -0.25) is 0 Å². The molecule has 0 saturated carbocycles. The van der Waals surface area contributed by atoms with E-state index < -0.39 is 11.9 Å². The number of nitrogen functional groups attached to an aromatic ring is 2. The van der Waals surface area contributed by atoms with Crippen molar-refractivity contribution in [3.63, 3.8) is 0 Å². The van der Waals surface area contributed by atoms with Crippen molar-refractivity contribution in [3.05, 3.63) is 84.4 Å². The maximum absolute atomic E-state index is 11.4. The summed E-state index contributed by atoms with van der Waals surface area (Å²) in [5.41, 5.74) is 13.5. The lowest BCUT2D eigenvalue weighted by molar-refractivity contribution is 0.0594. The highest BCUT2D eigenvalue weighted by molar-refractivity contribution is 5.92. The number of nitrogens with two attached hydrogens (primary N) is 2. The maximum atomic E-state index is 11.4. The van der Waals surface area contributed by atoms with Crippen LogP contribution in [0.25, 0.3) is 22.5 Å². The van der Waals surface area contributed by atoms with Crippen molar-refractivity contribution >= 4 is 23.6 Å². The van der Waals surface area contributed by atoms with Crippen LogP contribution in [-0.4, -0.2) is 44.1 Å². The van der Waals surface area contributed by atoms with Crippen molar-refractivity contribution in [2.24, 2.45) is 0 Å². The molecule has 2 heterocycles. The molecule has 10 nitrogen and oxygen atoms in total. The van der Waals surface area contributed by atoms with Gasteiger partial charge in [-0.15, -0.1) is 0 Å². The van der Waals surface area contributed by atoms with E-state index in [0.717, 1.165) is 11.1 Å². The van der Waals surface area contributed by atoms with Crippen LogP contribution in [0.15, 0.2) is 73.1 Å². The van der Waals surface area contributed by atoms with Crippen LogP contribution in [0.5, 0.6) is 0 Å². The minimum absolute atomic E-state index is 0.0360. The van der Waals surface area contributed by atoms with Gasteiger partial charge in [0.2, 0.25) is 0 Å². The third-order valence-corrected chi connectivity index (χ3v) is 4.32. The average molecular weight is 505 g/mol. The molecule has 0 atom stereocenters. The molecule has 0 spiro atoms. The normalized spacial score (nSPS) is 9.22. The first kappa shape index (κ1) is 30.2. The smallest absolute Gasteiger partial charge is 0.360 e. The minimum atomic E-state index is -1.18. The Morgan fingerprint density at radius 2 is 1.08 bits per heavy atom. The van der Waals surface area contributed by atoms with E-state index in [9.17, 15) is 9.59 Å². The molecule has 0 unspecified atom stereocenters. The Kier molecular flexibility index (Phi) is 13.0. The van der Waals surface area contributed by atoms with Gasteiger partial charge in [0, 0.05) is 11.1 Å².